The number of carbonyl (C=O) groups excluding carboxylic acids is 1. The van der Waals surface area contributed by atoms with Crippen molar-refractivity contribution in [1.29, 1.82) is 0 Å². The van der Waals surface area contributed by atoms with E-state index in [4.69, 9.17) is 16.3 Å². The predicted octanol–water partition coefficient (Wildman–Crippen LogP) is 2.94. The second kappa shape index (κ2) is 6.64. The Hall–Kier alpha value is -2.73. The number of aryl methyl sites for hydroxylation is 2. The fourth-order valence-corrected chi connectivity index (χ4v) is 2.79. The van der Waals surface area contributed by atoms with Crippen molar-refractivity contribution in [2.24, 2.45) is 14.1 Å². The Balaban J connectivity index is 1.78. The highest BCUT2D eigenvalue weighted by atomic mass is 35.5. The Morgan fingerprint density at radius 1 is 1.12 bits per heavy atom. The lowest BCUT2D eigenvalue weighted by Gasteiger charge is -2.15. The van der Waals surface area contributed by atoms with Crippen LogP contribution in [0.4, 0.5) is 5.69 Å². The predicted molar refractivity (Wildman–Crippen MR) is 98.3 cm³/mol. The molecule has 3 aromatic rings. The molecule has 3 rings (SSSR count). The molecule has 0 saturated carbocycles. The first kappa shape index (κ1) is 17.1. The average Bonchev–Trinajstić information content (AvgIpc) is 2.81. The van der Waals surface area contributed by atoms with Gasteiger partial charge in [-0.2, -0.15) is 0 Å². The van der Waals surface area contributed by atoms with Gasteiger partial charge in [0.25, 0.3) is 5.91 Å². The van der Waals surface area contributed by atoms with E-state index in [9.17, 15) is 9.59 Å². The molecule has 130 valence electrons. The van der Waals surface area contributed by atoms with Crippen molar-refractivity contribution in [3.8, 4) is 5.75 Å². The largest absolute Gasteiger partial charge is 0.479 e. The highest BCUT2D eigenvalue weighted by molar-refractivity contribution is 6.32. The number of nitrogens with zero attached hydrogens (tertiary/aromatic N) is 2. The third kappa shape index (κ3) is 3.25. The number of hydrogen-bond donors (Lipinski definition) is 1. The van der Waals surface area contributed by atoms with Crippen LogP contribution in [-0.2, 0) is 18.9 Å². The zero-order valence-corrected chi connectivity index (χ0v) is 14.9. The van der Waals surface area contributed by atoms with Crippen LogP contribution < -0.4 is 15.7 Å². The summed E-state index contributed by atoms with van der Waals surface area (Å²) >= 11 is 6.04. The average molecular weight is 360 g/mol. The van der Waals surface area contributed by atoms with Gasteiger partial charge in [0.2, 0.25) is 0 Å². The minimum Gasteiger partial charge on any atom is -0.479 e. The van der Waals surface area contributed by atoms with E-state index >= 15 is 0 Å². The number of carbonyl (C=O) groups is 1. The molecule has 25 heavy (non-hydrogen) atoms. The number of imidazole rings is 1. The summed E-state index contributed by atoms with van der Waals surface area (Å²) in [6, 6.07) is 12.3. The van der Waals surface area contributed by atoms with Crippen LogP contribution in [0, 0.1) is 0 Å². The number of fused-ring (bicyclic) bond motifs is 1. The zero-order valence-electron chi connectivity index (χ0n) is 14.1. The second-order valence-corrected chi connectivity index (χ2v) is 6.19. The van der Waals surface area contributed by atoms with Crippen molar-refractivity contribution in [3.63, 3.8) is 0 Å². The van der Waals surface area contributed by atoms with Crippen molar-refractivity contribution in [1.82, 2.24) is 9.13 Å². The molecule has 0 spiro atoms. The lowest BCUT2D eigenvalue weighted by atomic mass is 10.2. The smallest absolute Gasteiger partial charge is 0.328 e. The van der Waals surface area contributed by atoms with Gasteiger partial charge in [0.05, 0.1) is 16.1 Å². The summed E-state index contributed by atoms with van der Waals surface area (Å²) in [4.78, 5) is 24.3. The molecule has 0 unspecified atom stereocenters. The van der Waals surface area contributed by atoms with E-state index in [1.165, 1.54) is 4.57 Å². The number of rotatable bonds is 4. The summed E-state index contributed by atoms with van der Waals surface area (Å²) < 4.78 is 8.71. The number of amides is 1. The monoisotopic (exact) mass is 359 g/mol. The van der Waals surface area contributed by atoms with Gasteiger partial charge < -0.3 is 10.1 Å². The van der Waals surface area contributed by atoms with Gasteiger partial charge in [-0.15, -0.1) is 0 Å². The molecule has 2 aromatic carbocycles. The number of benzene rings is 2. The summed E-state index contributed by atoms with van der Waals surface area (Å²) in [5.41, 5.74) is 2.01. The van der Waals surface area contributed by atoms with Crippen molar-refractivity contribution >= 4 is 34.2 Å². The lowest BCUT2D eigenvalue weighted by molar-refractivity contribution is -0.122. The molecule has 0 radical (unpaired) electrons. The van der Waals surface area contributed by atoms with Crippen LogP contribution in [0.1, 0.15) is 6.92 Å². The molecule has 6 nitrogen and oxygen atoms in total. The molecule has 1 N–H and O–H groups in total. The maximum Gasteiger partial charge on any atom is 0.328 e. The van der Waals surface area contributed by atoms with Gasteiger partial charge in [-0.3, -0.25) is 13.9 Å². The van der Waals surface area contributed by atoms with Gasteiger partial charge >= 0.3 is 5.69 Å². The molecular weight excluding hydrogens is 342 g/mol. The molecular formula is C18H18ClN3O3. The first-order valence-electron chi connectivity index (χ1n) is 7.76. The third-order valence-corrected chi connectivity index (χ3v) is 4.36. The normalized spacial score (nSPS) is 12.2. The van der Waals surface area contributed by atoms with Crippen molar-refractivity contribution in [3.05, 3.63) is 58.0 Å². The van der Waals surface area contributed by atoms with Gasteiger partial charge in [0, 0.05) is 19.8 Å². The van der Waals surface area contributed by atoms with E-state index in [1.54, 1.807) is 68.1 Å². The molecule has 1 amide bonds. The van der Waals surface area contributed by atoms with Crippen LogP contribution in [-0.4, -0.2) is 21.1 Å². The van der Waals surface area contributed by atoms with Crippen LogP contribution in [0.3, 0.4) is 0 Å². The first-order chi connectivity index (χ1) is 11.9. The van der Waals surface area contributed by atoms with E-state index < -0.39 is 6.10 Å². The van der Waals surface area contributed by atoms with Crippen molar-refractivity contribution in [2.45, 2.75) is 13.0 Å². The molecule has 0 aliphatic heterocycles. The fraction of sp³-hybridized carbons (Fsp3) is 0.222. The van der Waals surface area contributed by atoms with E-state index in [0.717, 1.165) is 11.0 Å². The van der Waals surface area contributed by atoms with Crippen LogP contribution in [0.5, 0.6) is 5.75 Å². The Bertz CT molecular complexity index is 1010. The Labute approximate surface area is 149 Å². The summed E-state index contributed by atoms with van der Waals surface area (Å²) in [6.07, 6.45) is -0.727. The SMILES string of the molecule is C[C@H](Oc1ccccc1Cl)C(=O)Nc1ccc2c(c1)n(C)c(=O)n2C. The maximum absolute atomic E-state index is 12.4. The minimum absolute atomic E-state index is 0.117. The van der Waals surface area contributed by atoms with E-state index in [-0.39, 0.29) is 11.6 Å². The van der Waals surface area contributed by atoms with E-state index in [2.05, 4.69) is 5.32 Å². The van der Waals surface area contributed by atoms with Gasteiger partial charge in [-0.05, 0) is 37.3 Å². The fourth-order valence-electron chi connectivity index (χ4n) is 2.61. The van der Waals surface area contributed by atoms with Crippen LogP contribution in [0.15, 0.2) is 47.3 Å². The summed E-state index contributed by atoms with van der Waals surface area (Å²) in [5.74, 6) is 0.146. The molecule has 0 bridgehead atoms. The standard InChI is InChI=1S/C18H18ClN3O3/c1-11(25-16-7-5-4-6-13(16)19)17(23)20-12-8-9-14-15(10-12)22(3)18(24)21(14)2/h4-11H,1-3H3,(H,20,23)/t11-/m0/s1. The molecule has 0 aliphatic carbocycles. The third-order valence-electron chi connectivity index (χ3n) is 4.05. The van der Waals surface area contributed by atoms with Gasteiger partial charge in [0.15, 0.2) is 6.10 Å². The molecule has 0 aliphatic rings. The number of nitrogens with one attached hydrogen (secondary N) is 1. The number of ether oxygens (including phenoxy) is 1. The molecule has 1 heterocycles. The van der Waals surface area contributed by atoms with Gasteiger partial charge in [-0.25, -0.2) is 4.79 Å². The lowest BCUT2D eigenvalue weighted by Crippen LogP contribution is -2.30. The van der Waals surface area contributed by atoms with Gasteiger partial charge in [0.1, 0.15) is 5.75 Å². The number of hydrogen-bond acceptors (Lipinski definition) is 3. The Morgan fingerprint density at radius 2 is 1.80 bits per heavy atom. The first-order valence-corrected chi connectivity index (χ1v) is 8.14. The van der Waals surface area contributed by atoms with Crippen molar-refractivity contribution in [2.75, 3.05) is 5.32 Å². The van der Waals surface area contributed by atoms with E-state index in [0.29, 0.717) is 16.5 Å². The summed E-state index contributed by atoms with van der Waals surface area (Å²) in [6.45, 7) is 1.65. The van der Waals surface area contributed by atoms with Crippen LogP contribution >= 0.6 is 11.6 Å². The number of halogens is 1. The number of para-hydroxylation sites is 1. The summed E-state index contributed by atoms with van der Waals surface area (Å²) in [5, 5.41) is 3.24. The van der Waals surface area contributed by atoms with Crippen LogP contribution in [0.25, 0.3) is 11.0 Å². The van der Waals surface area contributed by atoms with Crippen LogP contribution in [0.2, 0.25) is 5.02 Å². The molecule has 0 saturated heterocycles. The highest BCUT2D eigenvalue weighted by Crippen LogP contribution is 2.24. The second-order valence-electron chi connectivity index (χ2n) is 5.78. The zero-order chi connectivity index (χ0) is 18.1. The number of aromatic nitrogens is 2. The Kier molecular flexibility index (Phi) is 4.55. The Morgan fingerprint density at radius 3 is 2.52 bits per heavy atom. The molecule has 1 atom stereocenters. The maximum atomic E-state index is 12.4. The highest BCUT2D eigenvalue weighted by Gasteiger charge is 2.17. The topological polar surface area (TPSA) is 65.3 Å². The van der Waals surface area contributed by atoms with Crippen molar-refractivity contribution < 1.29 is 9.53 Å². The van der Waals surface area contributed by atoms with E-state index in [1.807, 2.05) is 0 Å². The number of anilines is 1. The molecule has 1 aromatic heterocycles. The quantitative estimate of drug-likeness (QED) is 0.779. The minimum atomic E-state index is -0.727. The molecule has 7 heteroatoms. The molecule has 0 fully saturated rings. The summed E-state index contributed by atoms with van der Waals surface area (Å²) in [7, 11) is 3.40. The van der Waals surface area contributed by atoms with Gasteiger partial charge in [-0.1, -0.05) is 23.7 Å².